The third-order valence-electron chi connectivity index (χ3n) is 5.55. The maximum absolute atomic E-state index is 11.6. The molecule has 3 aromatic rings. The Bertz CT molecular complexity index is 1040. The molecule has 142 valence electrons. The lowest BCUT2D eigenvalue weighted by atomic mass is 9.97. The highest BCUT2D eigenvalue weighted by Crippen LogP contribution is 2.35. The number of nitrogens with zero attached hydrogens (tertiary/aromatic N) is 2. The van der Waals surface area contributed by atoms with Crippen LogP contribution in [0.2, 0.25) is 0 Å². The summed E-state index contributed by atoms with van der Waals surface area (Å²) in [5.74, 6) is 1.51. The van der Waals surface area contributed by atoms with Gasteiger partial charge in [-0.3, -0.25) is 0 Å². The third-order valence-corrected chi connectivity index (χ3v) is 6.68. The van der Waals surface area contributed by atoms with Crippen molar-refractivity contribution in [3.05, 3.63) is 66.2 Å². The zero-order valence-electron chi connectivity index (χ0n) is 15.7. The second-order valence-electron chi connectivity index (χ2n) is 7.55. The molecule has 1 aliphatic carbocycles. The monoisotopic (exact) mass is 383 g/mol. The molecule has 2 aromatic heterocycles. The van der Waals surface area contributed by atoms with E-state index in [0.717, 1.165) is 30.6 Å². The highest BCUT2D eigenvalue weighted by molar-refractivity contribution is 7.90. The van der Waals surface area contributed by atoms with Crippen LogP contribution < -0.4 is 5.32 Å². The fourth-order valence-electron chi connectivity index (χ4n) is 4.14. The first-order valence-corrected chi connectivity index (χ1v) is 11.3. The lowest BCUT2D eigenvalue weighted by Gasteiger charge is -2.19. The number of nitrogens with one attached hydrogen (secondary N) is 1. The maximum Gasteiger partial charge on any atom is 0.175 e. The van der Waals surface area contributed by atoms with Crippen LogP contribution in [0, 0.1) is 0 Å². The smallest absolute Gasteiger partial charge is 0.175 e. The highest BCUT2D eigenvalue weighted by Gasteiger charge is 2.28. The summed E-state index contributed by atoms with van der Waals surface area (Å²) in [7, 11) is -3.13. The fraction of sp³-hybridized carbons (Fsp3) is 0.381. The van der Waals surface area contributed by atoms with E-state index >= 15 is 0 Å². The number of imidazole rings is 1. The predicted molar refractivity (Wildman–Crippen MR) is 107 cm³/mol. The number of sulfone groups is 1. The lowest BCUT2D eigenvalue weighted by Crippen LogP contribution is -2.30. The summed E-state index contributed by atoms with van der Waals surface area (Å²) in [6.45, 7) is 2.16. The molecule has 0 bridgehead atoms. The first kappa shape index (κ1) is 18.2. The molecule has 0 spiro atoms. The van der Waals surface area contributed by atoms with Gasteiger partial charge in [-0.05, 0) is 61.9 Å². The van der Waals surface area contributed by atoms with E-state index in [2.05, 4.69) is 33.9 Å². The van der Waals surface area contributed by atoms with Gasteiger partial charge in [-0.15, -0.1) is 0 Å². The van der Waals surface area contributed by atoms with E-state index < -0.39 is 9.84 Å². The summed E-state index contributed by atoms with van der Waals surface area (Å²) in [4.78, 5) is 4.98. The zero-order valence-corrected chi connectivity index (χ0v) is 16.5. The molecular formula is C21H25N3O2S. The predicted octanol–water partition coefficient (Wildman–Crippen LogP) is 3.72. The summed E-state index contributed by atoms with van der Waals surface area (Å²) < 4.78 is 25.4. The molecule has 3 atom stereocenters. The van der Waals surface area contributed by atoms with Crippen LogP contribution in [0.15, 0.2) is 59.8 Å². The van der Waals surface area contributed by atoms with Crippen molar-refractivity contribution < 1.29 is 8.42 Å². The molecule has 6 heteroatoms. The fourth-order valence-corrected chi connectivity index (χ4v) is 4.77. The molecule has 1 aromatic carbocycles. The van der Waals surface area contributed by atoms with Gasteiger partial charge in [0.1, 0.15) is 5.82 Å². The van der Waals surface area contributed by atoms with E-state index in [1.165, 1.54) is 11.8 Å². The van der Waals surface area contributed by atoms with Crippen LogP contribution in [0.5, 0.6) is 0 Å². The Hall–Kier alpha value is -2.18. The van der Waals surface area contributed by atoms with E-state index in [1.54, 1.807) is 12.1 Å². The number of hydrogen-bond acceptors (Lipinski definition) is 4. The molecule has 27 heavy (non-hydrogen) atoms. The van der Waals surface area contributed by atoms with Gasteiger partial charge in [0.05, 0.1) is 22.7 Å². The van der Waals surface area contributed by atoms with Gasteiger partial charge in [0.25, 0.3) is 0 Å². The van der Waals surface area contributed by atoms with Crippen LogP contribution in [-0.2, 0) is 9.84 Å². The normalized spacial score (nSPS) is 21.6. The first-order chi connectivity index (χ1) is 12.9. The van der Waals surface area contributed by atoms with Crippen LogP contribution >= 0.6 is 0 Å². The second kappa shape index (κ2) is 7.09. The Morgan fingerprint density at radius 3 is 2.67 bits per heavy atom. The highest BCUT2D eigenvalue weighted by atomic mass is 32.2. The van der Waals surface area contributed by atoms with E-state index in [9.17, 15) is 8.42 Å². The van der Waals surface area contributed by atoms with Crippen molar-refractivity contribution in [3.8, 4) is 0 Å². The molecule has 4 rings (SSSR count). The van der Waals surface area contributed by atoms with Gasteiger partial charge < -0.3 is 9.72 Å². The number of pyridine rings is 1. The molecular weight excluding hydrogens is 358 g/mol. The minimum Gasteiger partial charge on any atom is -0.305 e. The SMILES string of the molecule is C[C@@H](NC1CC[C@H](c2ccc(S(C)(=O)=O)cc2)C1)c1ncc2ccccn12. The van der Waals surface area contributed by atoms with Gasteiger partial charge in [-0.2, -0.15) is 0 Å². The summed E-state index contributed by atoms with van der Waals surface area (Å²) in [5.41, 5.74) is 2.34. The van der Waals surface area contributed by atoms with Gasteiger partial charge in [0.2, 0.25) is 0 Å². The van der Waals surface area contributed by atoms with Gasteiger partial charge in [0.15, 0.2) is 9.84 Å². The Labute approximate surface area is 160 Å². The number of aromatic nitrogens is 2. The Morgan fingerprint density at radius 1 is 1.15 bits per heavy atom. The van der Waals surface area contributed by atoms with Crippen LogP contribution in [-0.4, -0.2) is 30.1 Å². The van der Waals surface area contributed by atoms with Crippen molar-refractivity contribution in [1.82, 2.24) is 14.7 Å². The van der Waals surface area contributed by atoms with Crippen molar-refractivity contribution in [2.45, 2.75) is 49.1 Å². The number of benzene rings is 1. The average molecular weight is 384 g/mol. The van der Waals surface area contributed by atoms with Crippen molar-refractivity contribution in [2.75, 3.05) is 6.26 Å². The quantitative estimate of drug-likeness (QED) is 0.729. The molecule has 1 fully saturated rings. The number of rotatable bonds is 5. The molecule has 1 N–H and O–H groups in total. The zero-order chi connectivity index (χ0) is 19.0. The molecule has 5 nitrogen and oxygen atoms in total. The van der Waals surface area contributed by atoms with Crippen molar-refractivity contribution in [3.63, 3.8) is 0 Å². The Balaban J connectivity index is 1.42. The van der Waals surface area contributed by atoms with Crippen LogP contribution in [0.1, 0.15) is 49.5 Å². The van der Waals surface area contributed by atoms with Crippen LogP contribution in [0.4, 0.5) is 0 Å². The maximum atomic E-state index is 11.6. The van der Waals surface area contributed by atoms with Gasteiger partial charge >= 0.3 is 0 Å². The minimum absolute atomic E-state index is 0.172. The third kappa shape index (κ3) is 3.77. The average Bonchev–Trinajstić information content (AvgIpc) is 3.28. The largest absolute Gasteiger partial charge is 0.305 e. The van der Waals surface area contributed by atoms with Crippen LogP contribution in [0.3, 0.4) is 0 Å². The van der Waals surface area contributed by atoms with Crippen LogP contribution in [0.25, 0.3) is 5.52 Å². The summed E-state index contributed by atoms with van der Waals surface area (Å²) in [5, 5.41) is 3.73. The number of hydrogen-bond donors (Lipinski definition) is 1. The molecule has 1 saturated carbocycles. The molecule has 2 heterocycles. The van der Waals surface area contributed by atoms with Gasteiger partial charge in [0, 0.05) is 18.5 Å². The summed E-state index contributed by atoms with van der Waals surface area (Å²) >= 11 is 0. The van der Waals surface area contributed by atoms with Gasteiger partial charge in [-0.1, -0.05) is 18.2 Å². The van der Waals surface area contributed by atoms with E-state index in [0.29, 0.717) is 16.9 Å². The molecule has 1 aliphatic rings. The topological polar surface area (TPSA) is 63.5 Å². The van der Waals surface area contributed by atoms with Gasteiger partial charge in [-0.25, -0.2) is 13.4 Å². The molecule has 0 amide bonds. The van der Waals surface area contributed by atoms with E-state index in [4.69, 9.17) is 0 Å². The minimum atomic E-state index is -3.13. The first-order valence-electron chi connectivity index (χ1n) is 9.40. The Morgan fingerprint density at radius 2 is 1.93 bits per heavy atom. The molecule has 1 unspecified atom stereocenters. The summed E-state index contributed by atoms with van der Waals surface area (Å²) in [6, 6.07) is 14.1. The standard InChI is InChI=1S/C21H25N3O2S/c1-15(21-22-14-19-5-3-4-12-24(19)21)23-18-9-6-17(13-18)16-7-10-20(11-8-16)27(2,25)26/h3-5,7-8,10-12,14-15,17-18,23H,6,9,13H2,1-2H3/t15-,17+,18?/m1/s1. The summed E-state index contributed by atoms with van der Waals surface area (Å²) in [6.07, 6.45) is 8.51. The van der Waals surface area contributed by atoms with Crippen molar-refractivity contribution in [1.29, 1.82) is 0 Å². The van der Waals surface area contributed by atoms with Crippen molar-refractivity contribution >= 4 is 15.4 Å². The van der Waals surface area contributed by atoms with E-state index in [1.807, 2.05) is 30.5 Å². The Kier molecular flexibility index (Phi) is 4.78. The van der Waals surface area contributed by atoms with Crippen molar-refractivity contribution in [2.24, 2.45) is 0 Å². The molecule has 0 radical (unpaired) electrons. The molecule has 0 saturated heterocycles. The molecule has 0 aliphatic heterocycles. The second-order valence-corrected chi connectivity index (χ2v) is 9.56. The lowest BCUT2D eigenvalue weighted by molar-refractivity contribution is 0.442. The number of fused-ring (bicyclic) bond motifs is 1. The van der Waals surface area contributed by atoms with E-state index in [-0.39, 0.29) is 6.04 Å².